The van der Waals surface area contributed by atoms with Crippen molar-refractivity contribution >= 4 is 40.4 Å². The molecule has 0 amide bonds. The number of rotatable bonds is 4. The van der Waals surface area contributed by atoms with E-state index in [1.807, 2.05) is 12.1 Å². The highest BCUT2D eigenvalue weighted by Gasteiger charge is 2.04. The molecule has 0 radical (unpaired) electrons. The first-order chi connectivity index (χ1) is 10.1. The summed E-state index contributed by atoms with van der Waals surface area (Å²) < 4.78 is 5.72. The van der Waals surface area contributed by atoms with Gasteiger partial charge in [0.25, 0.3) is 0 Å². The average Bonchev–Trinajstić information content (AvgIpc) is 2.53. The third-order valence-corrected chi connectivity index (χ3v) is 3.61. The third-order valence-electron chi connectivity index (χ3n) is 2.89. The van der Waals surface area contributed by atoms with E-state index in [0.29, 0.717) is 11.1 Å². The number of hydrogen-bond acceptors (Lipinski definition) is 3. The molecule has 106 valence electrons. The third kappa shape index (κ3) is 4.26. The molecule has 0 N–H and O–H groups in total. The van der Waals surface area contributed by atoms with Gasteiger partial charge in [0, 0.05) is 9.13 Å². The Bertz CT molecular complexity index is 670. The van der Waals surface area contributed by atoms with E-state index in [1.165, 1.54) is 13.2 Å². The molecule has 3 nitrogen and oxygen atoms in total. The van der Waals surface area contributed by atoms with Crippen LogP contribution in [0.1, 0.15) is 26.3 Å². The number of carbonyl (C=O) groups is 2. The predicted molar refractivity (Wildman–Crippen MR) is 90.3 cm³/mol. The minimum absolute atomic E-state index is 0.0524. The van der Waals surface area contributed by atoms with Crippen molar-refractivity contribution in [3.05, 3.63) is 74.9 Å². The maximum absolute atomic E-state index is 12.0. The molecule has 4 heteroatoms. The molecule has 0 heterocycles. The summed E-state index contributed by atoms with van der Waals surface area (Å²) in [4.78, 5) is 23.3. The van der Waals surface area contributed by atoms with Crippen molar-refractivity contribution in [3.8, 4) is 0 Å². The highest BCUT2D eigenvalue weighted by atomic mass is 127. The van der Waals surface area contributed by atoms with Crippen molar-refractivity contribution in [3.63, 3.8) is 0 Å². The SMILES string of the molecule is COC(=O)c1ccc(C=CC(=O)c2ccc(I)cc2)cc1. The van der Waals surface area contributed by atoms with Gasteiger partial charge in [-0.05, 0) is 58.5 Å². The lowest BCUT2D eigenvalue weighted by Crippen LogP contribution is -2.00. The Kier molecular flexibility index (Phi) is 5.27. The zero-order chi connectivity index (χ0) is 15.2. The Morgan fingerprint density at radius 1 is 0.952 bits per heavy atom. The van der Waals surface area contributed by atoms with Crippen LogP contribution in [0.2, 0.25) is 0 Å². The zero-order valence-electron chi connectivity index (χ0n) is 11.4. The fraction of sp³-hybridized carbons (Fsp3) is 0.0588. The highest BCUT2D eigenvalue weighted by Crippen LogP contribution is 2.10. The van der Waals surface area contributed by atoms with Gasteiger partial charge in [-0.3, -0.25) is 4.79 Å². The van der Waals surface area contributed by atoms with Crippen LogP contribution in [-0.4, -0.2) is 18.9 Å². The Morgan fingerprint density at radius 2 is 1.52 bits per heavy atom. The number of benzene rings is 2. The van der Waals surface area contributed by atoms with Gasteiger partial charge < -0.3 is 4.74 Å². The average molecular weight is 392 g/mol. The van der Waals surface area contributed by atoms with Gasteiger partial charge in [0.15, 0.2) is 5.78 Å². The minimum atomic E-state index is -0.375. The Morgan fingerprint density at radius 3 is 2.10 bits per heavy atom. The molecule has 0 aliphatic rings. The van der Waals surface area contributed by atoms with Crippen LogP contribution in [0.3, 0.4) is 0 Å². The lowest BCUT2D eigenvalue weighted by molar-refractivity contribution is 0.0600. The van der Waals surface area contributed by atoms with Gasteiger partial charge in [0.1, 0.15) is 0 Å². The Labute approximate surface area is 136 Å². The largest absolute Gasteiger partial charge is 0.465 e. The predicted octanol–water partition coefficient (Wildman–Crippen LogP) is 3.97. The number of methoxy groups -OCH3 is 1. The van der Waals surface area contributed by atoms with Crippen molar-refractivity contribution < 1.29 is 14.3 Å². The molecule has 0 saturated carbocycles. The summed E-state index contributed by atoms with van der Waals surface area (Å²) in [6.45, 7) is 0. The van der Waals surface area contributed by atoms with Crippen LogP contribution >= 0.6 is 22.6 Å². The van der Waals surface area contributed by atoms with Gasteiger partial charge in [0.05, 0.1) is 12.7 Å². The second-order valence-electron chi connectivity index (χ2n) is 4.32. The number of allylic oxidation sites excluding steroid dienone is 1. The van der Waals surface area contributed by atoms with Crippen molar-refractivity contribution in [2.75, 3.05) is 7.11 Å². The number of ketones is 1. The molecule has 0 fully saturated rings. The molecular formula is C17H13IO3. The monoisotopic (exact) mass is 392 g/mol. The second kappa shape index (κ2) is 7.17. The van der Waals surface area contributed by atoms with E-state index in [1.54, 1.807) is 42.5 Å². The normalized spacial score (nSPS) is 10.6. The highest BCUT2D eigenvalue weighted by molar-refractivity contribution is 14.1. The Balaban J connectivity index is 2.08. The molecule has 21 heavy (non-hydrogen) atoms. The van der Waals surface area contributed by atoms with Gasteiger partial charge in [0.2, 0.25) is 0 Å². The molecule has 2 aromatic carbocycles. The summed E-state index contributed by atoms with van der Waals surface area (Å²) in [5.41, 5.74) is 1.98. The summed E-state index contributed by atoms with van der Waals surface area (Å²) in [5, 5.41) is 0. The molecule has 0 bridgehead atoms. The Hall–Kier alpha value is -1.95. The number of carbonyl (C=O) groups excluding carboxylic acids is 2. The molecular weight excluding hydrogens is 379 g/mol. The first-order valence-electron chi connectivity index (χ1n) is 6.26. The van der Waals surface area contributed by atoms with E-state index in [0.717, 1.165) is 9.13 Å². The smallest absolute Gasteiger partial charge is 0.337 e. The molecule has 2 aromatic rings. The molecule has 0 saturated heterocycles. The van der Waals surface area contributed by atoms with Crippen molar-refractivity contribution in [1.82, 2.24) is 0 Å². The van der Waals surface area contributed by atoms with Crippen LogP contribution in [0, 0.1) is 3.57 Å². The first-order valence-corrected chi connectivity index (χ1v) is 7.34. The quantitative estimate of drug-likeness (QED) is 0.342. The number of esters is 1. The molecule has 0 aromatic heterocycles. The van der Waals surface area contributed by atoms with Crippen LogP contribution < -0.4 is 0 Å². The fourth-order valence-electron chi connectivity index (χ4n) is 1.73. The van der Waals surface area contributed by atoms with Gasteiger partial charge in [-0.2, -0.15) is 0 Å². The van der Waals surface area contributed by atoms with E-state index in [9.17, 15) is 9.59 Å². The van der Waals surface area contributed by atoms with Crippen LogP contribution in [0.25, 0.3) is 6.08 Å². The van der Waals surface area contributed by atoms with E-state index >= 15 is 0 Å². The summed E-state index contributed by atoms with van der Waals surface area (Å²) >= 11 is 2.19. The first kappa shape index (κ1) is 15.4. The standard InChI is InChI=1S/C17H13IO3/c1-21-17(20)14-5-2-12(3-6-14)4-11-16(19)13-7-9-15(18)10-8-13/h2-11H,1H3. The van der Waals surface area contributed by atoms with Crippen LogP contribution in [0.5, 0.6) is 0 Å². The van der Waals surface area contributed by atoms with Crippen molar-refractivity contribution in [2.45, 2.75) is 0 Å². The maximum Gasteiger partial charge on any atom is 0.337 e. The summed E-state index contributed by atoms with van der Waals surface area (Å²) in [6, 6.07) is 14.3. The molecule has 0 aliphatic heterocycles. The molecule has 0 aliphatic carbocycles. The molecule has 0 unspecified atom stereocenters. The van der Waals surface area contributed by atoms with E-state index in [-0.39, 0.29) is 11.8 Å². The number of halogens is 1. The maximum atomic E-state index is 12.0. The van der Waals surface area contributed by atoms with Gasteiger partial charge >= 0.3 is 5.97 Å². The topological polar surface area (TPSA) is 43.4 Å². The van der Waals surface area contributed by atoms with Gasteiger partial charge in [-0.15, -0.1) is 0 Å². The summed E-state index contributed by atoms with van der Waals surface area (Å²) in [6.07, 6.45) is 3.25. The summed E-state index contributed by atoms with van der Waals surface area (Å²) in [7, 11) is 1.34. The van der Waals surface area contributed by atoms with E-state index in [4.69, 9.17) is 0 Å². The van der Waals surface area contributed by atoms with Crippen molar-refractivity contribution in [1.29, 1.82) is 0 Å². The lowest BCUT2D eigenvalue weighted by atomic mass is 10.1. The van der Waals surface area contributed by atoms with Crippen LogP contribution in [0.15, 0.2) is 54.6 Å². The van der Waals surface area contributed by atoms with Crippen LogP contribution in [-0.2, 0) is 4.74 Å². The van der Waals surface area contributed by atoms with E-state index < -0.39 is 0 Å². The lowest BCUT2D eigenvalue weighted by Gasteiger charge is -1.99. The number of ether oxygens (including phenoxy) is 1. The molecule has 0 spiro atoms. The van der Waals surface area contributed by atoms with Crippen molar-refractivity contribution in [2.24, 2.45) is 0 Å². The van der Waals surface area contributed by atoms with Gasteiger partial charge in [-0.25, -0.2) is 4.79 Å². The zero-order valence-corrected chi connectivity index (χ0v) is 13.5. The van der Waals surface area contributed by atoms with Gasteiger partial charge in [-0.1, -0.05) is 30.3 Å². The molecule has 0 atom stereocenters. The van der Waals surface area contributed by atoms with E-state index in [2.05, 4.69) is 27.3 Å². The number of hydrogen-bond donors (Lipinski definition) is 0. The second-order valence-corrected chi connectivity index (χ2v) is 5.56. The fourth-order valence-corrected chi connectivity index (χ4v) is 2.09. The molecule has 2 rings (SSSR count). The van der Waals surface area contributed by atoms with Crippen LogP contribution in [0.4, 0.5) is 0 Å². The summed E-state index contributed by atoms with van der Waals surface area (Å²) in [5.74, 6) is -0.427. The minimum Gasteiger partial charge on any atom is -0.465 e.